The Kier molecular flexibility index (Phi) is 12.0. The highest BCUT2D eigenvalue weighted by molar-refractivity contribution is 5.31. The summed E-state index contributed by atoms with van der Waals surface area (Å²) in [5, 5.41) is 0. The van der Waals surface area contributed by atoms with Crippen molar-refractivity contribution >= 4 is 0 Å². The molecule has 2 aliphatic rings. The first-order chi connectivity index (χ1) is 22.2. The SMILES string of the molecule is CCCCCC[C@H]1CC[C@H](C2CCC(c3ccc(C(F)(F)C(F)(F)C(F)(F)C(F)(F)C(F)(F)C(F)(F)C(F)(F)C(F)(F)F)cc3)CC2)CC1. The molecule has 17 heteroatoms. The van der Waals surface area contributed by atoms with Crippen LogP contribution in [0, 0.1) is 17.8 Å². The quantitative estimate of drug-likeness (QED) is 0.131. The van der Waals surface area contributed by atoms with Crippen LogP contribution in [0.5, 0.6) is 0 Å². The van der Waals surface area contributed by atoms with Crippen molar-refractivity contribution in [2.75, 3.05) is 0 Å². The predicted octanol–water partition coefficient (Wildman–Crippen LogP) is 13.2. The average molecular weight is 745 g/mol. The summed E-state index contributed by atoms with van der Waals surface area (Å²) in [6.07, 6.45) is 5.19. The summed E-state index contributed by atoms with van der Waals surface area (Å²) in [4.78, 5) is 0. The highest BCUT2D eigenvalue weighted by Gasteiger charge is 2.95. The van der Waals surface area contributed by atoms with E-state index in [2.05, 4.69) is 6.92 Å². The molecule has 0 aromatic heterocycles. The van der Waals surface area contributed by atoms with Gasteiger partial charge in [0.15, 0.2) is 0 Å². The van der Waals surface area contributed by atoms with Gasteiger partial charge in [-0.3, -0.25) is 0 Å². The second-order valence-electron chi connectivity index (χ2n) is 13.4. The number of hydrogen-bond donors (Lipinski definition) is 0. The fourth-order valence-electron chi connectivity index (χ4n) is 7.04. The van der Waals surface area contributed by atoms with Crippen LogP contribution < -0.4 is 0 Å². The molecule has 0 radical (unpaired) electrons. The van der Waals surface area contributed by atoms with E-state index in [4.69, 9.17) is 0 Å². The van der Waals surface area contributed by atoms with Crippen LogP contribution in [0.2, 0.25) is 0 Å². The van der Waals surface area contributed by atoms with Crippen LogP contribution in [0.25, 0.3) is 0 Å². The van der Waals surface area contributed by atoms with Crippen LogP contribution in [0.4, 0.5) is 74.6 Å². The molecule has 0 unspecified atom stereocenters. The van der Waals surface area contributed by atoms with Gasteiger partial charge in [-0.25, -0.2) is 0 Å². The van der Waals surface area contributed by atoms with E-state index in [0.29, 0.717) is 30.6 Å². The maximum atomic E-state index is 14.7. The molecular weight excluding hydrogens is 707 g/mol. The summed E-state index contributed by atoms with van der Waals surface area (Å²) in [7, 11) is 0. The van der Waals surface area contributed by atoms with E-state index in [1.807, 2.05) is 0 Å². The number of hydrogen-bond acceptors (Lipinski definition) is 0. The average Bonchev–Trinajstić information content (AvgIpc) is 3.02. The Hall–Kier alpha value is -1.97. The van der Waals surface area contributed by atoms with Gasteiger partial charge in [-0.1, -0.05) is 76.1 Å². The maximum Gasteiger partial charge on any atom is 0.460 e. The predicted molar refractivity (Wildman–Crippen MR) is 145 cm³/mol. The third-order valence-electron chi connectivity index (χ3n) is 10.3. The van der Waals surface area contributed by atoms with Gasteiger partial charge in [0.1, 0.15) is 0 Å². The van der Waals surface area contributed by atoms with Crippen LogP contribution in [-0.2, 0) is 5.92 Å². The first-order valence-electron chi connectivity index (χ1n) is 16.0. The van der Waals surface area contributed by atoms with Gasteiger partial charge in [0.2, 0.25) is 0 Å². The van der Waals surface area contributed by atoms with Crippen molar-refractivity contribution in [2.24, 2.45) is 17.8 Å². The Morgan fingerprint density at radius 2 is 0.878 bits per heavy atom. The number of halogens is 17. The van der Waals surface area contributed by atoms with E-state index in [1.54, 1.807) is 0 Å². The van der Waals surface area contributed by atoms with Gasteiger partial charge in [-0.05, 0) is 67.8 Å². The summed E-state index contributed by atoms with van der Waals surface area (Å²) < 4.78 is 232. The summed E-state index contributed by atoms with van der Waals surface area (Å²) in [6, 6.07) is 1.79. The smallest absolute Gasteiger partial charge is 0.194 e. The molecule has 0 nitrogen and oxygen atoms in total. The molecule has 0 bridgehead atoms. The van der Waals surface area contributed by atoms with Crippen molar-refractivity contribution < 1.29 is 74.6 Å². The lowest BCUT2D eigenvalue weighted by atomic mass is 9.68. The molecule has 1 aromatic carbocycles. The number of alkyl halides is 17. The van der Waals surface area contributed by atoms with Crippen molar-refractivity contribution in [2.45, 2.75) is 144 Å². The van der Waals surface area contributed by atoms with Crippen LogP contribution in [0.15, 0.2) is 24.3 Å². The Morgan fingerprint density at radius 1 is 0.469 bits per heavy atom. The molecule has 0 N–H and O–H groups in total. The van der Waals surface area contributed by atoms with Crippen LogP contribution >= 0.6 is 0 Å². The summed E-state index contributed by atoms with van der Waals surface area (Å²) in [5.41, 5.74) is -1.89. The molecule has 2 aliphatic carbocycles. The standard InChI is InChI=1S/C32H37F17/c1-2-3-4-5-6-19-7-9-20(10-8-19)21-11-13-22(14-12-21)23-15-17-24(18-16-23)25(33,34)26(35,36)27(37,38)28(39,40)29(41,42)30(43,44)31(45,46)32(47,48)49/h15-22H,2-14H2,1H3/t19-,20-,21?,22?. The first-order valence-corrected chi connectivity index (χ1v) is 16.0. The molecule has 0 heterocycles. The minimum absolute atomic E-state index is 0.107. The summed E-state index contributed by atoms with van der Waals surface area (Å²) in [6.45, 7) is 2.14. The fraction of sp³-hybridized carbons (Fsp3) is 0.812. The zero-order valence-electron chi connectivity index (χ0n) is 26.2. The molecule has 1 aromatic rings. The van der Waals surface area contributed by atoms with Crippen LogP contribution in [0.1, 0.15) is 107 Å². The molecule has 2 saturated carbocycles. The highest BCUT2D eigenvalue weighted by atomic mass is 19.4. The third kappa shape index (κ3) is 7.24. The first kappa shape index (κ1) is 41.5. The Labute approximate surface area is 272 Å². The third-order valence-corrected chi connectivity index (χ3v) is 10.3. The van der Waals surface area contributed by atoms with Gasteiger partial charge in [-0.2, -0.15) is 74.6 Å². The van der Waals surface area contributed by atoms with Gasteiger partial charge in [0, 0.05) is 5.56 Å². The molecule has 0 spiro atoms. The largest absolute Gasteiger partial charge is 0.460 e. The van der Waals surface area contributed by atoms with Crippen molar-refractivity contribution in [3.63, 3.8) is 0 Å². The molecule has 284 valence electrons. The second kappa shape index (κ2) is 14.2. The van der Waals surface area contributed by atoms with Crippen molar-refractivity contribution in [3.8, 4) is 0 Å². The van der Waals surface area contributed by atoms with E-state index < -0.39 is 53.2 Å². The van der Waals surface area contributed by atoms with Gasteiger partial charge < -0.3 is 0 Å². The summed E-state index contributed by atoms with van der Waals surface area (Å²) >= 11 is 0. The molecule has 3 rings (SSSR count). The Morgan fingerprint density at radius 3 is 1.31 bits per heavy atom. The summed E-state index contributed by atoms with van der Waals surface area (Å²) in [5.74, 6) is -55.1. The Balaban J connectivity index is 1.71. The molecule has 0 atom stereocenters. The zero-order chi connectivity index (χ0) is 37.5. The van der Waals surface area contributed by atoms with E-state index in [0.717, 1.165) is 57.1 Å². The maximum absolute atomic E-state index is 14.7. The molecule has 49 heavy (non-hydrogen) atoms. The minimum atomic E-state index is -8.63. The minimum Gasteiger partial charge on any atom is -0.194 e. The van der Waals surface area contributed by atoms with Crippen LogP contribution in [-0.4, -0.2) is 41.7 Å². The van der Waals surface area contributed by atoms with Gasteiger partial charge in [0.05, 0.1) is 0 Å². The number of benzene rings is 1. The lowest BCUT2D eigenvalue weighted by Gasteiger charge is -2.42. The molecule has 0 amide bonds. The molecule has 0 saturated heterocycles. The van der Waals surface area contributed by atoms with Gasteiger partial charge >= 0.3 is 47.6 Å². The normalized spacial score (nSPS) is 24.3. The van der Waals surface area contributed by atoms with Crippen molar-refractivity contribution in [3.05, 3.63) is 35.4 Å². The molecule has 2 fully saturated rings. The van der Waals surface area contributed by atoms with Gasteiger partial charge in [-0.15, -0.1) is 0 Å². The topological polar surface area (TPSA) is 0 Å². The second-order valence-corrected chi connectivity index (χ2v) is 13.4. The van der Waals surface area contributed by atoms with Crippen molar-refractivity contribution in [1.82, 2.24) is 0 Å². The van der Waals surface area contributed by atoms with E-state index in [9.17, 15) is 74.6 Å². The van der Waals surface area contributed by atoms with E-state index in [1.165, 1.54) is 25.7 Å². The highest BCUT2D eigenvalue weighted by Crippen LogP contribution is 2.65. The number of unbranched alkanes of at least 4 members (excludes halogenated alkanes) is 3. The fourth-order valence-corrected chi connectivity index (χ4v) is 7.04. The Bertz CT molecular complexity index is 1200. The monoisotopic (exact) mass is 744 g/mol. The van der Waals surface area contributed by atoms with E-state index >= 15 is 0 Å². The molecule has 0 aliphatic heterocycles. The zero-order valence-corrected chi connectivity index (χ0v) is 26.2. The van der Waals surface area contributed by atoms with Crippen LogP contribution in [0.3, 0.4) is 0 Å². The van der Waals surface area contributed by atoms with Crippen molar-refractivity contribution in [1.29, 1.82) is 0 Å². The lowest BCUT2D eigenvalue weighted by molar-refractivity contribution is -0.462. The number of rotatable bonds is 14. The molecular formula is C32H37F17. The van der Waals surface area contributed by atoms with E-state index in [-0.39, 0.29) is 23.6 Å². The van der Waals surface area contributed by atoms with Gasteiger partial charge in [0.25, 0.3) is 0 Å². The lowest BCUT2D eigenvalue weighted by Crippen LogP contribution is -2.74.